The van der Waals surface area contributed by atoms with E-state index >= 15 is 0 Å². The van der Waals surface area contributed by atoms with Gasteiger partial charge in [0, 0.05) is 18.2 Å². The summed E-state index contributed by atoms with van der Waals surface area (Å²) in [5.74, 6) is 1.44. The number of rotatable bonds is 1. The van der Waals surface area contributed by atoms with Crippen LogP contribution in [0.1, 0.15) is 31.0 Å². The largest absolute Gasteiger partial charge is 0.368 e. The molecule has 2 rings (SSSR count). The van der Waals surface area contributed by atoms with Gasteiger partial charge in [-0.2, -0.15) is 4.98 Å². The summed E-state index contributed by atoms with van der Waals surface area (Å²) in [5.41, 5.74) is 7.73. The van der Waals surface area contributed by atoms with E-state index < -0.39 is 0 Å². The molecule has 1 aliphatic rings. The summed E-state index contributed by atoms with van der Waals surface area (Å²) in [6.07, 6.45) is 2.69. The SMILES string of the molecule is CC(C)c1nc(N)nc2c1CC=N2. The van der Waals surface area contributed by atoms with Gasteiger partial charge in [-0.25, -0.2) is 9.98 Å². The highest BCUT2D eigenvalue weighted by atomic mass is 15.1. The Labute approximate surface area is 76.9 Å². The van der Waals surface area contributed by atoms with Crippen LogP contribution in [0.3, 0.4) is 0 Å². The van der Waals surface area contributed by atoms with Crippen molar-refractivity contribution in [1.82, 2.24) is 9.97 Å². The fraction of sp³-hybridized carbons (Fsp3) is 0.444. The third kappa shape index (κ3) is 1.28. The highest BCUT2D eigenvalue weighted by molar-refractivity contribution is 5.75. The van der Waals surface area contributed by atoms with Gasteiger partial charge < -0.3 is 5.73 Å². The molecule has 1 aromatic heterocycles. The van der Waals surface area contributed by atoms with E-state index in [1.54, 1.807) is 0 Å². The average Bonchev–Trinajstić information content (AvgIpc) is 2.49. The Bertz CT molecular complexity index is 368. The van der Waals surface area contributed by atoms with Gasteiger partial charge in [-0.05, 0) is 5.92 Å². The fourth-order valence-electron chi connectivity index (χ4n) is 1.51. The molecule has 4 heteroatoms. The van der Waals surface area contributed by atoms with Crippen molar-refractivity contribution in [1.29, 1.82) is 0 Å². The molecule has 0 aliphatic carbocycles. The molecule has 1 aliphatic heterocycles. The molecule has 1 aromatic rings. The number of nitrogens with two attached hydrogens (primary N) is 1. The van der Waals surface area contributed by atoms with Gasteiger partial charge in [-0.3, -0.25) is 0 Å². The van der Waals surface area contributed by atoms with Gasteiger partial charge in [0.05, 0.1) is 5.69 Å². The summed E-state index contributed by atoms with van der Waals surface area (Å²) in [7, 11) is 0. The lowest BCUT2D eigenvalue weighted by Gasteiger charge is -2.09. The van der Waals surface area contributed by atoms with Crippen LogP contribution >= 0.6 is 0 Å². The molecule has 2 heterocycles. The summed E-state index contributed by atoms with van der Waals surface area (Å²) in [5, 5.41) is 0. The van der Waals surface area contributed by atoms with E-state index in [-0.39, 0.29) is 0 Å². The second kappa shape index (κ2) is 2.80. The van der Waals surface area contributed by atoms with Crippen LogP contribution in [0.25, 0.3) is 0 Å². The van der Waals surface area contributed by atoms with Gasteiger partial charge in [-0.15, -0.1) is 0 Å². The first-order valence-corrected chi connectivity index (χ1v) is 4.37. The lowest BCUT2D eigenvalue weighted by atomic mass is 10.0. The van der Waals surface area contributed by atoms with Crippen molar-refractivity contribution in [2.24, 2.45) is 4.99 Å². The molecular formula is C9H12N4. The maximum absolute atomic E-state index is 5.57. The van der Waals surface area contributed by atoms with E-state index in [4.69, 9.17) is 5.73 Å². The Hall–Kier alpha value is -1.45. The predicted molar refractivity (Wildman–Crippen MR) is 52.4 cm³/mol. The number of anilines is 1. The molecule has 68 valence electrons. The van der Waals surface area contributed by atoms with E-state index in [1.807, 2.05) is 6.21 Å². The quantitative estimate of drug-likeness (QED) is 0.704. The Kier molecular flexibility index (Phi) is 1.76. The fourth-order valence-corrected chi connectivity index (χ4v) is 1.51. The topological polar surface area (TPSA) is 64.2 Å². The second-order valence-electron chi connectivity index (χ2n) is 3.44. The zero-order valence-corrected chi connectivity index (χ0v) is 7.78. The Balaban J connectivity index is 2.59. The lowest BCUT2D eigenvalue weighted by molar-refractivity contribution is 0.805. The minimum absolute atomic E-state index is 0.321. The van der Waals surface area contributed by atoms with E-state index in [0.29, 0.717) is 11.9 Å². The van der Waals surface area contributed by atoms with Crippen molar-refractivity contribution in [2.45, 2.75) is 26.2 Å². The highest BCUT2D eigenvalue weighted by Crippen LogP contribution is 2.28. The molecule has 4 nitrogen and oxygen atoms in total. The van der Waals surface area contributed by atoms with Crippen molar-refractivity contribution in [3.8, 4) is 0 Å². The molecular weight excluding hydrogens is 164 g/mol. The zero-order valence-electron chi connectivity index (χ0n) is 7.78. The summed E-state index contributed by atoms with van der Waals surface area (Å²) in [4.78, 5) is 12.4. The number of hydrogen-bond acceptors (Lipinski definition) is 4. The predicted octanol–water partition coefficient (Wildman–Crippen LogP) is 1.44. The first kappa shape index (κ1) is 8.16. The third-order valence-corrected chi connectivity index (χ3v) is 2.09. The first-order valence-electron chi connectivity index (χ1n) is 4.37. The number of hydrogen-bond donors (Lipinski definition) is 1. The van der Waals surface area contributed by atoms with Crippen molar-refractivity contribution in [3.05, 3.63) is 11.3 Å². The summed E-state index contributed by atoms with van der Waals surface area (Å²) < 4.78 is 0. The van der Waals surface area contributed by atoms with Gasteiger partial charge in [0.25, 0.3) is 0 Å². The first-order chi connectivity index (χ1) is 6.18. The Morgan fingerprint density at radius 3 is 2.85 bits per heavy atom. The van der Waals surface area contributed by atoms with Crippen molar-refractivity contribution < 1.29 is 0 Å². The molecule has 13 heavy (non-hydrogen) atoms. The van der Waals surface area contributed by atoms with Crippen LogP contribution in [-0.2, 0) is 6.42 Å². The van der Waals surface area contributed by atoms with E-state index in [9.17, 15) is 0 Å². The normalized spacial score (nSPS) is 13.8. The van der Waals surface area contributed by atoms with Crippen LogP contribution in [0.4, 0.5) is 11.8 Å². The number of aromatic nitrogens is 2. The van der Waals surface area contributed by atoms with Crippen LogP contribution in [0.2, 0.25) is 0 Å². The molecule has 2 N–H and O–H groups in total. The van der Waals surface area contributed by atoms with Crippen LogP contribution < -0.4 is 5.73 Å². The summed E-state index contributed by atoms with van der Waals surface area (Å²) >= 11 is 0. The van der Waals surface area contributed by atoms with Gasteiger partial charge >= 0.3 is 0 Å². The molecule has 0 atom stereocenters. The van der Waals surface area contributed by atoms with Gasteiger partial charge in [0.1, 0.15) is 0 Å². The van der Waals surface area contributed by atoms with Crippen molar-refractivity contribution >= 4 is 18.0 Å². The molecule has 0 unspecified atom stereocenters. The van der Waals surface area contributed by atoms with E-state index in [2.05, 4.69) is 28.8 Å². The maximum Gasteiger partial charge on any atom is 0.222 e. The lowest BCUT2D eigenvalue weighted by Crippen LogP contribution is -2.04. The van der Waals surface area contributed by atoms with Crippen LogP contribution in [-0.4, -0.2) is 16.2 Å². The number of aliphatic imine (C=N–C) groups is 1. The number of nitrogen functional groups attached to an aromatic ring is 1. The minimum Gasteiger partial charge on any atom is -0.368 e. The highest BCUT2D eigenvalue weighted by Gasteiger charge is 2.17. The van der Waals surface area contributed by atoms with Crippen LogP contribution in [0.5, 0.6) is 0 Å². The summed E-state index contributed by atoms with van der Waals surface area (Å²) in [6, 6.07) is 0. The average molecular weight is 176 g/mol. The number of fused-ring (bicyclic) bond motifs is 1. The van der Waals surface area contributed by atoms with E-state index in [0.717, 1.165) is 23.5 Å². The maximum atomic E-state index is 5.57. The van der Waals surface area contributed by atoms with E-state index in [1.165, 1.54) is 0 Å². The Morgan fingerprint density at radius 1 is 1.38 bits per heavy atom. The van der Waals surface area contributed by atoms with Crippen molar-refractivity contribution in [2.75, 3.05) is 5.73 Å². The van der Waals surface area contributed by atoms with Crippen LogP contribution in [0, 0.1) is 0 Å². The molecule has 0 fully saturated rings. The van der Waals surface area contributed by atoms with Gasteiger partial charge in [0.2, 0.25) is 5.95 Å². The minimum atomic E-state index is 0.321. The monoisotopic (exact) mass is 176 g/mol. The van der Waals surface area contributed by atoms with Gasteiger partial charge in [0.15, 0.2) is 5.82 Å². The third-order valence-electron chi connectivity index (χ3n) is 2.09. The second-order valence-corrected chi connectivity index (χ2v) is 3.44. The smallest absolute Gasteiger partial charge is 0.222 e. The molecule has 0 aromatic carbocycles. The van der Waals surface area contributed by atoms with Crippen molar-refractivity contribution in [3.63, 3.8) is 0 Å². The molecule has 0 saturated carbocycles. The molecule has 0 bridgehead atoms. The summed E-state index contributed by atoms with van der Waals surface area (Å²) in [6.45, 7) is 4.20. The van der Waals surface area contributed by atoms with Crippen LogP contribution in [0.15, 0.2) is 4.99 Å². The Morgan fingerprint density at radius 2 is 2.15 bits per heavy atom. The molecule has 0 amide bonds. The zero-order chi connectivity index (χ0) is 9.42. The molecule has 0 radical (unpaired) electrons. The molecule has 0 saturated heterocycles. The standard InChI is InChI=1S/C9H12N4/c1-5(2)7-6-3-4-11-8(6)13-9(10)12-7/h4-5H,3H2,1-2H3,(H2,10,12,13). The molecule has 0 spiro atoms. The number of nitrogens with zero attached hydrogens (tertiary/aromatic N) is 3. The van der Waals surface area contributed by atoms with Gasteiger partial charge in [-0.1, -0.05) is 13.8 Å².